The second-order valence-electron chi connectivity index (χ2n) is 4.41. The van der Waals surface area contributed by atoms with E-state index in [9.17, 15) is 15.3 Å². The van der Waals surface area contributed by atoms with E-state index in [1.807, 2.05) is 4.90 Å². The molecule has 0 saturated carbocycles. The van der Waals surface area contributed by atoms with Crippen LogP contribution in [0, 0.1) is 5.92 Å². The van der Waals surface area contributed by atoms with E-state index in [4.69, 9.17) is 0 Å². The Hall–Kier alpha value is -0.160. The largest absolute Gasteiger partial charge is 0.391 e. The van der Waals surface area contributed by atoms with Gasteiger partial charge in [-0.05, 0) is 12.3 Å². The van der Waals surface area contributed by atoms with Crippen molar-refractivity contribution in [1.29, 1.82) is 0 Å². The highest BCUT2D eigenvalue weighted by molar-refractivity contribution is 5.00. The van der Waals surface area contributed by atoms with E-state index >= 15 is 0 Å². The summed E-state index contributed by atoms with van der Waals surface area (Å²) < 4.78 is 0. The molecule has 0 aromatic carbocycles. The van der Waals surface area contributed by atoms with Crippen LogP contribution in [0.1, 0.15) is 13.3 Å². The van der Waals surface area contributed by atoms with E-state index in [-0.39, 0.29) is 6.04 Å². The third-order valence-electron chi connectivity index (χ3n) is 3.17. The number of aliphatic hydroxyl groups excluding tert-OH is 3. The molecular formula is C9H17NO3. The summed E-state index contributed by atoms with van der Waals surface area (Å²) in [6.45, 7) is 3.44. The highest BCUT2D eigenvalue weighted by Crippen LogP contribution is 2.30. The van der Waals surface area contributed by atoms with Crippen LogP contribution in [0.2, 0.25) is 0 Å². The predicted octanol–water partition coefficient (Wildman–Crippen LogP) is -1.21. The molecule has 13 heavy (non-hydrogen) atoms. The van der Waals surface area contributed by atoms with Gasteiger partial charge in [0.25, 0.3) is 0 Å². The molecule has 0 aromatic heterocycles. The van der Waals surface area contributed by atoms with Crippen molar-refractivity contribution in [2.75, 3.05) is 13.1 Å². The Morgan fingerprint density at radius 1 is 1.08 bits per heavy atom. The maximum Gasteiger partial charge on any atom is 0.0991 e. The Bertz CT molecular complexity index is 197. The number of nitrogens with zero attached hydrogens (tertiary/aromatic N) is 1. The molecule has 2 fully saturated rings. The van der Waals surface area contributed by atoms with Gasteiger partial charge in [-0.15, -0.1) is 0 Å². The molecule has 0 aliphatic carbocycles. The molecule has 2 saturated heterocycles. The summed E-state index contributed by atoms with van der Waals surface area (Å²) in [4.78, 5) is 1.99. The van der Waals surface area contributed by atoms with Crippen LogP contribution in [-0.2, 0) is 0 Å². The minimum Gasteiger partial charge on any atom is -0.391 e. The van der Waals surface area contributed by atoms with Crippen LogP contribution in [0.5, 0.6) is 0 Å². The highest BCUT2D eigenvalue weighted by Gasteiger charge is 2.46. The maximum absolute atomic E-state index is 9.73. The monoisotopic (exact) mass is 187 g/mol. The molecule has 76 valence electrons. The van der Waals surface area contributed by atoms with E-state index in [1.54, 1.807) is 0 Å². The van der Waals surface area contributed by atoms with Gasteiger partial charge in [0, 0.05) is 13.1 Å². The molecule has 5 atom stereocenters. The normalized spacial score (nSPS) is 52.2. The van der Waals surface area contributed by atoms with Crippen LogP contribution in [-0.4, -0.2) is 57.7 Å². The van der Waals surface area contributed by atoms with Crippen molar-refractivity contribution in [3.8, 4) is 0 Å². The van der Waals surface area contributed by atoms with Gasteiger partial charge in [-0.25, -0.2) is 0 Å². The van der Waals surface area contributed by atoms with Crippen LogP contribution in [0.3, 0.4) is 0 Å². The number of fused-ring (bicyclic) bond motifs is 1. The van der Waals surface area contributed by atoms with Crippen molar-refractivity contribution in [3.05, 3.63) is 0 Å². The number of hydrogen-bond acceptors (Lipinski definition) is 4. The van der Waals surface area contributed by atoms with Crippen molar-refractivity contribution in [3.63, 3.8) is 0 Å². The van der Waals surface area contributed by atoms with E-state index < -0.39 is 18.3 Å². The van der Waals surface area contributed by atoms with Crippen molar-refractivity contribution >= 4 is 0 Å². The third kappa shape index (κ3) is 1.48. The Kier molecular flexibility index (Phi) is 2.32. The van der Waals surface area contributed by atoms with Gasteiger partial charge in [0.05, 0.1) is 24.4 Å². The molecule has 0 bridgehead atoms. The minimum atomic E-state index is -0.775. The summed E-state index contributed by atoms with van der Waals surface area (Å²) in [5.41, 5.74) is 0. The maximum atomic E-state index is 9.73. The van der Waals surface area contributed by atoms with Gasteiger partial charge in [0.1, 0.15) is 0 Å². The van der Waals surface area contributed by atoms with Crippen LogP contribution < -0.4 is 0 Å². The summed E-state index contributed by atoms with van der Waals surface area (Å²) in [6.07, 6.45) is -1.23. The van der Waals surface area contributed by atoms with Crippen molar-refractivity contribution in [1.82, 2.24) is 4.90 Å². The number of hydrogen-bond donors (Lipinski definition) is 3. The first-order valence-corrected chi connectivity index (χ1v) is 4.88. The zero-order valence-electron chi connectivity index (χ0n) is 7.80. The first-order valence-electron chi connectivity index (χ1n) is 4.88. The van der Waals surface area contributed by atoms with Crippen LogP contribution in [0.4, 0.5) is 0 Å². The lowest BCUT2D eigenvalue weighted by molar-refractivity contribution is -0.0404. The average Bonchev–Trinajstić information content (AvgIpc) is 2.27. The van der Waals surface area contributed by atoms with Crippen LogP contribution >= 0.6 is 0 Å². The van der Waals surface area contributed by atoms with E-state index in [0.717, 1.165) is 13.0 Å². The van der Waals surface area contributed by atoms with Crippen molar-refractivity contribution < 1.29 is 15.3 Å². The van der Waals surface area contributed by atoms with E-state index in [0.29, 0.717) is 12.5 Å². The quantitative estimate of drug-likeness (QED) is 0.445. The lowest BCUT2D eigenvalue weighted by Gasteiger charge is -2.37. The summed E-state index contributed by atoms with van der Waals surface area (Å²) in [5.74, 6) is 0.448. The molecule has 0 radical (unpaired) electrons. The Morgan fingerprint density at radius 3 is 2.46 bits per heavy atom. The van der Waals surface area contributed by atoms with Crippen LogP contribution in [0.15, 0.2) is 0 Å². The summed E-state index contributed by atoms with van der Waals surface area (Å²) in [6, 6.07) is -0.244. The molecular weight excluding hydrogens is 170 g/mol. The Balaban J connectivity index is 2.12. The van der Waals surface area contributed by atoms with Gasteiger partial charge in [0.15, 0.2) is 0 Å². The molecule has 4 heteroatoms. The fourth-order valence-corrected chi connectivity index (χ4v) is 2.61. The Morgan fingerprint density at radius 2 is 1.77 bits per heavy atom. The molecule has 3 N–H and O–H groups in total. The number of piperidine rings is 1. The standard InChI is InChI=1S/C9H17NO3/c1-5-2-6(11)8-9(13)7(12)4-10(8)3-5/h5-9,11-13H,2-4H2,1H3/t5-,6+,7+,8+,9+/m1/s1. The number of rotatable bonds is 0. The van der Waals surface area contributed by atoms with Gasteiger partial charge in [-0.3, -0.25) is 4.90 Å². The average molecular weight is 187 g/mol. The molecule has 0 unspecified atom stereocenters. The van der Waals surface area contributed by atoms with Crippen LogP contribution in [0.25, 0.3) is 0 Å². The molecule has 4 nitrogen and oxygen atoms in total. The van der Waals surface area contributed by atoms with Gasteiger partial charge in [-0.1, -0.05) is 6.92 Å². The van der Waals surface area contributed by atoms with Gasteiger partial charge >= 0.3 is 0 Å². The topological polar surface area (TPSA) is 63.9 Å². The first kappa shape index (κ1) is 9.40. The smallest absolute Gasteiger partial charge is 0.0991 e. The summed E-state index contributed by atoms with van der Waals surface area (Å²) >= 11 is 0. The fourth-order valence-electron chi connectivity index (χ4n) is 2.61. The highest BCUT2D eigenvalue weighted by atomic mass is 16.3. The van der Waals surface area contributed by atoms with E-state index in [2.05, 4.69) is 6.92 Å². The van der Waals surface area contributed by atoms with Gasteiger partial charge in [0.2, 0.25) is 0 Å². The lowest BCUT2D eigenvalue weighted by atomic mass is 9.91. The van der Waals surface area contributed by atoms with Gasteiger partial charge in [-0.2, -0.15) is 0 Å². The molecule has 2 aliphatic rings. The molecule has 2 heterocycles. The molecule has 2 aliphatic heterocycles. The molecule has 2 rings (SSSR count). The predicted molar refractivity (Wildman–Crippen MR) is 47.2 cm³/mol. The summed E-state index contributed by atoms with van der Waals surface area (Å²) in [5, 5.41) is 28.8. The van der Waals surface area contributed by atoms with E-state index in [1.165, 1.54) is 0 Å². The molecule has 0 amide bonds. The second kappa shape index (κ2) is 3.20. The van der Waals surface area contributed by atoms with Gasteiger partial charge < -0.3 is 15.3 Å². The van der Waals surface area contributed by atoms with Crippen molar-refractivity contribution in [2.24, 2.45) is 5.92 Å². The number of aliphatic hydroxyl groups is 3. The fraction of sp³-hybridized carbons (Fsp3) is 1.00. The van der Waals surface area contributed by atoms with Crippen molar-refractivity contribution in [2.45, 2.75) is 37.7 Å². The Labute approximate surface area is 77.8 Å². The lowest BCUT2D eigenvalue weighted by Crippen LogP contribution is -2.51. The molecule has 0 aromatic rings. The second-order valence-corrected chi connectivity index (χ2v) is 4.41. The summed E-state index contributed by atoms with van der Waals surface area (Å²) in [7, 11) is 0. The third-order valence-corrected chi connectivity index (χ3v) is 3.17. The molecule has 0 spiro atoms. The minimum absolute atomic E-state index is 0.244. The zero-order valence-corrected chi connectivity index (χ0v) is 7.80. The zero-order chi connectivity index (χ0) is 9.59. The SMILES string of the molecule is C[C@@H]1C[C@H](O)[C@H]2[C@@H](O)[C@@H](O)CN2C1. The first-order chi connectivity index (χ1) is 6.09.